The van der Waals surface area contributed by atoms with Crippen LogP contribution in [0.25, 0.3) is 11.4 Å². The molecule has 2 unspecified atom stereocenters. The summed E-state index contributed by atoms with van der Waals surface area (Å²) in [5, 5.41) is 9.74. The topological polar surface area (TPSA) is 42.7 Å². The Labute approximate surface area is 114 Å². The van der Waals surface area contributed by atoms with Crippen molar-refractivity contribution in [2.75, 3.05) is 5.43 Å². The fraction of sp³-hybridized carbons (Fsp3) is 0.385. The van der Waals surface area contributed by atoms with E-state index in [1.165, 1.54) is 18.9 Å². The van der Waals surface area contributed by atoms with Gasteiger partial charge < -0.3 is 5.43 Å². The van der Waals surface area contributed by atoms with Gasteiger partial charge in [0.05, 0.1) is 11.6 Å². The molecule has 1 fully saturated rings. The van der Waals surface area contributed by atoms with Crippen LogP contribution in [0.5, 0.6) is 0 Å². The average molecular weight is 276 g/mol. The maximum atomic E-state index is 13.9. The summed E-state index contributed by atoms with van der Waals surface area (Å²) in [4.78, 5) is 0. The van der Waals surface area contributed by atoms with E-state index in [0.29, 0.717) is 22.7 Å². The lowest BCUT2D eigenvalue weighted by Gasteiger charge is -2.28. The fourth-order valence-electron chi connectivity index (χ4n) is 2.80. The maximum Gasteiger partial charge on any atom is 0.210 e. The van der Waals surface area contributed by atoms with Crippen molar-refractivity contribution in [2.45, 2.75) is 35.7 Å². The van der Waals surface area contributed by atoms with Crippen molar-refractivity contribution in [3.63, 3.8) is 0 Å². The van der Waals surface area contributed by atoms with Gasteiger partial charge in [-0.25, -0.2) is 9.07 Å². The molecule has 2 aromatic rings. The normalized spacial score (nSPS) is 24.7. The molecule has 1 aromatic heterocycles. The highest BCUT2D eigenvalue weighted by Crippen LogP contribution is 2.39. The SMILES string of the molecule is Fc1ccccc1-c1nnc2n1NC1CCCC1S2. The van der Waals surface area contributed by atoms with Gasteiger partial charge in [-0.3, -0.25) is 0 Å². The molecule has 1 aliphatic carbocycles. The van der Waals surface area contributed by atoms with E-state index in [2.05, 4.69) is 15.6 Å². The van der Waals surface area contributed by atoms with Crippen molar-refractivity contribution in [1.82, 2.24) is 14.9 Å². The Morgan fingerprint density at radius 3 is 3.05 bits per heavy atom. The molecule has 0 bridgehead atoms. The molecule has 1 saturated carbocycles. The molecule has 2 atom stereocenters. The zero-order valence-electron chi connectivity index (χ0n) is 10.2. The third kappa shape index (κ3) is 1.74. The Balaban J connectivity index is 1.79. The average Bonchev–Trinajstić information content (AvgIpc) is 3.02. The lowest BCUT2D eigenvalue weighted by atomic mass is 10.2. The van der Waals surface area contributed by atoms with Crippen molar-refractivity contribution in [1.29, 1.82) is 0 Å². The third-order valence-corrected chi connectivity index (χ3v) is 5.09. The lowest BCUT2D eigenvalue weighted by Crippen LogP contribution is -2.37. The first kappa shape index (κ1) is 11.3. The van der Waals surface area contributed by atoms with Crippen molar-refractivity contribution in [2.24, 2.45) is 0 Å². The highest BCUT2D eigenvalue weighted by Gasteiger charge is 2.35. The van der Waals surface area contributed by atoms with Crippen LogP contribution in [0.4, 0.5) is 4.39 Å². The standard InChI is InChI=1S/C13H13FN4S/c14-9-5-2-1-4-8(9)12-15-16-13-18(12)17-10-6-3-7-11(10)19-13/h1-2,4-5,10-11,17H,3,6-7H2. The number of aromatic nitrogens is 3. The molecule has 2 aliphatic rings. The van der Waals surface area contributed by atoms with Gasteiger partial charge in [-0.05, 0) is 25.0 Å². The highest BCUT2D eigenvalue weighted by molar-refractivity contribution is 7.99. The molecule has 19 heavy (non-hydrogen) atoms. The smallest absolute Gasteiger partial charge is 0.210 e. The van der Waals surface area contributed by atoms with E-state index in [4.69, 9.17) is 0 Å². The van der Waals surface area contributed by atoms with Gasteiger partial charge in [0.15, 0.2) is 5.82 Å². The van der Waals surface area contributed by atoms with Crippen LogP contribution in [-0.4, -0.2) is 26.2 Å². The second-order valence-corrected chi connectivity index (χ2v) is 6.15. The van der Waals surface area contributed by atoms with E-state index in [0.717, 1.165) is 11.6 Å². The number of fused-ring (bicyclic) bond motifs is 2. The summed E-state index contributed by atoms with van der Waals surface area (Å²) in [6.45, 7) is 0. The second kappa shape index (κ2) is 4.23. The van der Waals surface area contributed by atoms with Gasteiger partial charge in [-0.15, -0.1) is 10.2 Å². The Hall–Kier alpha value is -1.56. The Bertz CT molecular complexity index is 627. The number of benzene rings is 1. The summed E-state index contributed by atoms with van der Waals surface area (Å²) >= 11 is 1.75. The molecule has 4 nitrogen and oxygen atoms in total. The number of nitrogens with one attached hydrogen (secondary N) is 1. The largest absolute Gasteiger partial charge is 0.318 e. The van der Waals surface area contributed by atoms with Gasteiger partial charge in [0.25, 0.3) is 0 Å². The van der Waals surface area contributed by atoms with Crippen LogP contribution >= 0.6 is 11.8 Å². The predicted octanol–water partition coefficient (Wildman–Crippen LogP) is 2.65. The summed E-state index contributed by atoms with van der Waals surface area (Å²) in [5.41, 5.74) is 3.93. The van der Waals surface area contributed by atoms with Crippen molar-refractivity contribution in [3.05, 3.63) is 30.1 Å². The van der Waals surface area contributed by atoms with Gasteiger partial charge in [0, 0.05) is 5.25 Å². The zero-order chi connectivity index (χ0) is 12.8. The first-order valence-electron chi connectivity index (χ1n) is 6.46. The van der Waals surface area contributed by atoms with E-state index in [-0.39, 0.29) is 5.82 Å². The van der Waals surface area contributed by atoms with Gasteiger partial charge in [-0.1, -0.05) is 30.3 Å². The number of halogens is 1. The van der Waals surface area contributed by atoms with Crippen molar-refractivity contribution < 1.29 is 4.39 Å². The lowest BCUT2D eigenvalue weighted by molar-refractivity contribution is 0.604. The Kier molecular flexibility index (Phi) is 2.51. The number of hydrogen-bond acceptors (Lipinski definition) is 4. The van der Waals surface area contributed by atoms with E-state index in [1.807, 2.05) is 10.7 Å². The molecular weight excluding hydrogens is 263 g/mol. The molecule has 1 aliphatic heterocycles. The number of thioether (sulfide) groups is 1. The number of rotatable bonds is 1. The minimum atomic E-state index is -0.266. The summed E-state index contributed by atoms with van der Waals surface area (Å²) in [6, 6.07) is 7.12. The minimum Gasteiger partial charge on any atom is -0.318 e. The molecule has 1 aromatic carbocycles. The molecule has 0 radical (unpaired) electrons. The molecule has 0 amide bonds. The first-order chi connectivity index (χ1) is 9.33. The number of nitrogens with zero attached hydrogens (tertiary/aromatic N) is 3. The summed E-state index contributed by atoms with van der Waals surface area (Å²) in [5.74, 6) is 0.295. The molecule has 2 heterocycles. The van der Waals surface area contributed by atoms with E-state index in [1.54, 1.807) is 23.9 Å². The van der Waals surface area contributed by atoms with Crippen LogP contribution in [-0.2, 0) is 0 Å². The molecule has 98 valence electrons. The van der Waals surface area contributed by atoms with Crippen molar-refractivity contribution >= 4 is 11.8 Å². The monoisotopic (exact) mass is 276 g/mol. The van der Waals surface area contributed by atoms with Gasteiger partial charge in [0.2, 0.25) is 5.16 Å². The molecule has 4 rings (SSSR count). The van der Waals surface area contributed by atoms with Gasteiger partial charge in [-0.2, -0.15) is 0 Å². The molecular formula is C13H13FN4S. The van der Waals surface area contributed by atoms with Crippen LogP contribution in [0.15, 0.2) is 29.4 Å². The molecule has 0 spiro atoms. The van der Waals surface area contributed by atoms with Crippen LogP contribution in [0.1, 0.15) is 19.3 Å². The van der Waals surface area contributed by atoms with Crippen LogP contribution < -0.4 is 5.43 Å². The third-order valence-electron chi connectivity index (χ3n) is 3.75. The van der Waals surface area contributed by atoms with E-state index < -0.39 is 0 Å². The molecule has 0 saturated heterocycles. The molecule has 6 heteroatoms. The fourth-order valence-corrected chi connectivity index (χ4v) is 4.04. The maximum absolute atomic E-state index is 13.9. The summed E-state index contributed by atoms with van der Waals surface area (Å²) in [7, 11) is 0. The Morgan fingerprint density at radius 1 is 1.26 bits per heavy atom. The summed E-state index contributed by atoms with van der Waals surface area (Å²) in [6.07, 6.45) is 3.61. The van der Waals surface area contributed by atoms with Gasteiger partial charge in [0.1, 0.15) is 5.82 Å². The van der Waals surface area contributed by atoms with Crippen LogP contribution in [0.3, 0.4) is 0 Å². The van der Waals surface area contributed by atoms with E-state index in [9.17, 15) is 4.39 Å². The zero-order valence-corrected chi connectivity index (χ0v) is 11.0. The van der Waals surface area contributed by atoms with E-state index >= 15 is 0 Å². The van der Waals surface area contributed by atoms with Crippen molar-refractivity contribution in [3.8, 4) is 11.4 Å². The van der Waals surface area contributed by atoms with Crippen LogP contribution in [0.2, 0.25) is 0 Å². The quantitative estimate of drug-likeness (QED) is 0.869. The minimum absolute atomic E-state index is 0.266. The number of hydrogen-bond donors (Lipinski definition) is 1. The highest BCUT2D eigenvalue weighted by atomic mass is 32.2. The van der Waals surface area contributed by atoms with Crippen LogP contribution in [0, 0.1) is 5.82 Å². The molecule has 1 N–H and O–H groups in total. The Morgan fingerprint density at radius 2 is 2.16 bits per heavy atom. The predicted molar refractivity (Wildman–Crippen MR) is 72.1 cm³/mol. The summed E-state index contributed by atoms with van der Waals surface area (Å²) < 4.78 is 15.7. The van der Waals surface area contributed by atoms with Gasteiger partial charge >= 0.3 is 0 Å². The first-order valence-corrected chi connectivity index (χ1v) is 7.34. The second-order valence-electron chi connectivity index (χ2n) is 4.94.